The maximum atomic E-state index is 12.5. The van der Waals surface area contributed by atoms with Gasteiger partial charge in [-0.1, -0.05) is 18.5 Å². The number of rotatable bonds is 7. The summed E-state index contributed by atoms with van der Waals surface area (Å²) in [7, 11) is -3.72. The summed E-state index contributed by atoms with van der Waals surface area (Å²) < 4.78 is 31.7. The normalized spacial score (nSPS) is 18.3. The predicted molar refractivity (Wildman–Crippen MR) is 87.9 cm³/mol. The van der Waals surface area contributed by atoms with E-state index in [-0.39, 0.29) is 30.0 Å². The van der Waals surface area contributed by atoms with Crippen LogP contribution in [0, 0.1) is 0 Å². The number of carbonyl (C=O) groups excluding carboxylic acids is 1. The number of hydrogen-bond donors (Lipinski definition) is 1. The number of sulfonamides is 1. The molecule has 0 aromatic heterocycles. The standard InChI is InChI=1S/C15H21ClN2O4S/c1-2-18(11-15(19)17-10-13-4-3-9-22-13)23(20,21)14-7-5-12(16)6-8-14/h5-8,13H,2-4,9-11H2,1H3,(H,17,19)/t13-/m0/s1. The van der Waals surface area contributed by atoms with Crippen molar-refractivity contribution in [2.45, 2.75) is 30.8 Å². The van der Waals surface area contributed by atoms with Crippen molar-refractivity contribution < 1.29 is 17.9 Å². The molecular weight excluding hydrogens is 340 g/mol. The highest BCUT2D eigenvalue weighted by atomic mass is 35.5. The molecule has 0 saturated carbocycles. The first-order chi connectivity index (χ1) is 10.9. The van der Waals surface area contributed by atoms with E-state index in [2.05, 4.69) is 5.32 Å². The van der Waals surface area contributed by atoms with Gasteiger partial charge in [-0.05, 0) is 37.1 Å². The van der Waals surface area contributed by atoms with E-state index in [1.807, 2.05) is 0 Å². The number of nitrogens with one attached hydrogen (secondary N) is 1. The first kappa shape index (κ1) is 18.2. The molecule has 1 fully saturated rings. The number of carbonyl (C=O) groups is 1. The zero-order chi connectivity index (χ0) is 16.9. The smallest absolute Gasteiger partial charge is 0.243 e. The third kappa shape index (κ3) is 4.91. The molecule has 0 aliphatic carbocycles. The lowest BCUT2D eigenvalue weighted by Crippen LogP contribution is -2.42. The average molecular weight is 361 g/mol. The molecule has 1 heterocycles. The Morgan fingerprint density at radius 1 is 1.39 bits per heavy atom. The van der Waals surface area contributed by atoms with Crippen molar-refractivity contribution in [2.24, 2.45) is 0 Å². The maximum absolute atomic E-state index is 12.5. The summed E-state index contributed by atoms with van der Waals surface area (Å²) in [6.45, 7) is 2.82. The highest BCUT2D eigenvalue weighted by Gasteiger charge is 2.25. The Morgan fingerprint density at radius 3 is 2.65 bits per heavy atom. The Bertz CT molecular complexity index is 627. The van der Waals surface area contributed by atoms with Gasteiger partial charge in [0, 0.05) is 24.7 Å². The van der Waals surface area contributed by atoms with Gasteiger partial charge >= 0.3 is 0 Å². The van der Waals surface area contributed by atoms with Crippen molar-refractivity contribution in [1.82, 2.24) is 9.62 Å². The van der Waals surface area contributed by atoms with Gasteiger partial charge in [0.1, 0.15) is 0 Å². The maximum Gasteiger partial charge on any atom is 0.243 e. The van der Waals surface area contributed by atoms with Gasteiger partial charge in [0.2, 0.25) is 15.9 Å². The summed E-state index contributed by atoms with van der Waals surface area (Å²) in [5.41, 5.74) is 0. The number of halogens is 1. The molecule has 8 heteroatoms. The largest absolute Gasteiger partial charge is 0.376 e. The molecule has 0 bridgehead atoms. The van der Waals surface area contributed by atoms with E-state index in [1.54, 1.807) is 6.92 Å². The van der Waals surface area contributed by atoms with Crippen LogP contribution in [0.5, 0.6) is 0 Å². The second kappa shape index (κ2) is 8.10. The Hall–Kier alpha value is -1.15. The van der Waals surface area contributed by atoms with Crippen molar-refractivity contribution >= 4 is 27.5 Å². The third-order valence-corrected chi connectivity index (χ3v) is 5.86. The molecule has 1 aromatic rings. The first-order valence-corrected chi connectivity index (χ1v) is 9.39. The van der Waals surface area contributed by atoms with E-state index in [0.29, 0.717) is 18.2 Å². The molecule has 1 saturated heterocycles. The number of benzene rings is 1. The third-order valence-electron chi connectivity index (χ3n) is 3.67. The van der Waals surface area contributed by atoms with Gasteiger partial charge in [-0.3, -0.25) is 4.79 Å². The van der Waals surface area contributed by atoms with Crippen LogP contribution in [0.1, 0.15) is 19.8 Å². The van der Waals surface area contributed by atoms with Gasteiger partial charge in [-0.2, -0.15) is 4.31 Å². The Labute approximate surface area is 141 Å². The fourth-order valence-electron chi connectivity index (χ4n) is 2.37. The molecule has 0 radical (unpaired) electrons. The minimum absolute atomic E-state index is 0.0295. The van der Waals surface area contributed by atoms with E-state index < -0.39 is 10.0 Å². The second-order valence-corrected chi connectivity index (χ2v) is 7.70. The van der Waals surface area contributed by atoms with E-state index in [4.69, 9.17) is 16.3 Å². The van der Waals surface area contributed by atoms with Gasteiger partial charge in [0.05, 0.1) is 17.5 Å². The van der Waals surface area contributed by atoms with Gasteiger partial charge < -0.3 is 10.1 Å². The second-order valence-electron chi connectivity index (χ2n) is 5.32. The van der Waals surface area contributed by atoms with Crippen LogP contribution in [0.3, 0.4) is 0 Å². The summed E-state index contributed by atoms with van der Waals surface area (Å²) in [4.78, 5) is 12.1. The molecular formula is C15H21ClN2O4S. The molecule has 1 amide bonds. The lowest BCUT2D eigenvalue weighted by molar-refractivity contribution is -0.121. The first-order valence-electron chi connectivity index (χ1n) is 7.57. The predicted octanol–water partition coefficient (Wildman–Crippen LogP) is 1.65. The minimum atomic E-state index is -3.72. The molecule has 1 aromatic carbocycles. The zero-order valence-corrected chi connectivity index (χ0v) is 14.6. The molecule has 6 nitrogen and oxygen atoms in total. The molecule has 128 valence electrons. The number of nitrogens with zero attached hydrogens (tertiary/aromatic N) is 1. The fourth-order valence-corrected chi connectivity index (χ4v) is 3.90. The molecule has 0 unspecified atom stereocenters. The SMILES string of the molecule is CCN(CC(=O)NC[C@@H]1CCCO1)S(=O)(=O)c1ccc(Cl)cc1. The molecule has 0 spiro atoms. The quantitative estimate of drug-likeness (QED) is 0.802. The fraction of sp³-hybridized carbons (Fsp3) is 0.533. The Morgan fingerprint density at radius 2 is 2.09 bits per heavy atom. The van der Waals surface area contributed by atoms with Crippen molar-refractivity contribution in [3.05, 3.63) is 29.3 Å². The van der Waals surface area contributed by atoms with Crippen LogP contribution in [-0.2, 0) is 19.6 Å². The summed E-state index contributed by atoms with van der Waals surface area (Å²) >= 11 is 5.78. The number of ether oxygens (including phenoxy) is 1. The molecule has 1 aliphatic rings. The van der Waals surface area contributed by atoms with Crippen LogP contribution in [0.2, 0.25) is 5.02 Å². The van der Waals surface area contributed by atoms with Crippen LogP contribution in [0.25, 0.3) is 0 Å². The van der Waals surface area contributed by atoms with Crippen LogP contribution < -0.4 is 5.32 Å². The van der Waals surface area contributed by atoms with Crippen molar-refractivity contribution in [1.29, 1.82) is 0 Å². The summed E-state index contributed by atoms with van der Waals surface area (Å²) in [5, 5.41) is 3.19. The Balaban J connectivity index is 1.97. The van der Waals surface area contributed by atoms with Crippen LogP contribution in [0.4, 0.5) is 0 Å². The van der Waals surface area contributed by atoms with Crippen LogP contribution in [0.15, 0.2) is 29.2 Å². The van der Waals surface area contributed by atoms with Crippen LogP contribution in [-0.4, -0.2) is 51.0 Å². The molecule has 2 rings (SSSR count). The molecule has 1 aliphatic heterocycles. The topological polar surface area (TPSA) is 75.7 Å². The monoisotopic (exact) mass is 360 g/mol. The highest BCUT2D eigenvalue weighted by Crippen LogP contribution is 2.18. The van der Waals surface area contributed by atoms with Gasteiger partial charge in [0.15, 0.2) is 0 Å². The van der Waals surface area contributed by atoms with Gasteiger partial charge in [-0.25, -0.2) is 8.42 Å². The summed E-state index contributed by atoms with van der Waals surface area (Å²) in [6, 6.07) is 5.90. The highest BCUT2D eigenvalue weighted by molar-refractivity contribution is 7.89. The van der Waals surface area contributed by atoms with Gasteiger partial charge in [0.25, 0.3) is 0 Å². The van der Waals surface area contributed by atoms with E-state index in [9.17, 15) is 13.2 Å². The Kier molecular flexibility index (Phi) is 6.41. The van der Waals surface area contributed by atoms with E-state index >= 15 is 0 Å². The average Bonchev–Trinajstić information content (AvgIpc) is 3.04. The minimum Gasteiger partial charge on any atom is -0.376 e. The van der Waals surface area contributed by atoms with Gasteiger partial charge in [-0.15, -0.1) is 0 Å². The molecule has 1 atom stereocenters. The molecule has 1 N–H and O–H groups in total. The van der Waals surface area contributed by atoms with E-state index in [0.717, 1.165) is 17.1 Å². The van der Waals surface area contributed by atoms with Crippen molar-refractivity contribution in [3.63, 3.8) is 0 Å². The summed E-state index contributed by atoms with van der Waals surface area (Å²) in [6.07, 6.45) is 1.94. The lowest BCUT2D eigenvalue weighted by atomic mass is 10.2. The molecule has 23 heavy (non-hydrogen) atoms. The summed E-state index contributed by atoms with van der Waals surface area (Å²) in [5.74, 6) is -0.333. The van der Waals surface area contributed by atoms with E-state index in [1.165, 1.54) is 24.3 Å². The number of amides is 1. The number of likely N-dealkylation sites (N-methyl/N-ethyl adjacent to an activating group) is 1. The van der Waals surface area contributed by atoms with Crippen LogP contribution >= 0.6 is 11.6 Å². The van der Waals surface area contributed by atoms with Crippen molar-refractivity contribution in [2.75, 3.05) is 26.2 Å². The number of hydrogen-bond acceptors (Lipinski definition) is 4. The zero-order valence-electron chi connectivity index (χ0n) is 13.0. The van der Waals surface area contributed by atoms with Crippen molar-refractivity contribution in [3.8, 4) is 0 Å². The lowest BCUT2D eigenvalue weighted by Gasteiger charge is -2.20.